The Balaban J connectivity index is 1.47. The number of carbonyl (C=O) groups is 1. The summed E-state index contributed by atoms with van der Waals surface area (Å²) in [4.78, 5) is 18.3. The van der Waals surface area contributed by atoms with Gasteiger partial charge >= 0.3 is 0 Å². The van der Waals surface area contributed by atoms with Crippen LogP contribution in [0.1, 0.15) is 23.1 Å². The fourth-order valence-electron chi connectivity index (χ4n) is 3.29. The quantitative estimate of drug-likeness (QED) is 0.459. The van der Waals surface area contributed by atoms with Gasteiger partial charge in [-0.25, -0.2) is 0 Å². The van der Waals surface area contributed by atoms with E-state index in [1.54, 1.807) is 11.9 Å². The normalized spacial score (nSPS) is 13.8. The lowest BCUT2D eigenvalue weighted by atomic mass is 10.1. The molecule has 2 aromatic carbocycles. The van der Waals surface area contributed by atoms with E-state index in [-0.39, 0.29) is 12.5 Å². The molecule has 0 atom stereocenters. The van der Waals surface area contributed by atoms with Crippen LogP contribution in [0.4, 0.5) is 5.69 Å². The van der Waals surface area contributed by atoms with Crippen LogP contribution in [-0.4, -0.2) is 38.6 Å². The highest BCUT2D eigenvalue weighted by Crippen LogP contribution is 2.31. The Kier molecular flexibility index (Phi) is 6.53. The molecule has 2 aromatic rings. The van der Waals surface area contributed by atoms with Crippen LogP contribution in [-0.2, 0) is 11.3 Å². The smallest absolute Gasteiger partial charge is 0.265 e. The first-order valence-electron chi connectivity index (χ1n) is 9.61. The van der Waals surface area contributed by atoms with Crippen LogP contribution in [0.5, 0.6) is 5.75 Å². The molecule has 148 valence electrons. The van der Waals surface area contributed by atoms with Gasteiger partial charge in [-0.05, 0) is 43.5 Å². The van der Waals surface area contributed by atoms with E-state index in [0.717, 1.165) is 36.9 Å². The Morgan fingerprint density at radius 1 is 1.18 bits per heavy atom. The van der Waals surface area contributed by atoms with E-state index in [0.29, 0.717) is 6.54 Å². The van der Waals surface area contributed by atoms with Crippen LogP contribution in [0.25, 0.3) is 0 Å². The number of hydrogen-bond acceptors (Lipinski definition) is 3. The average Bonchev–Trinajstić information content (AvgIpc) is 2.70. The van der Waals surface area contributed by atoms with Crippen molar-refractivity contribution in [3.05, 3.63) is 59.2 Å². The largest absolute Gasteiger partial charge is 0.482 e. The number of rotatable bonds is 6. The molecule has 0 unspecified atom stereocenters. The van der Waals surface area contributed by atoms with Crippen molar-refractivity contribution in [1.29, 1.82) is 0 Å². The summed E-state index contributed by atoms with van der Waals surface area (Å²) in [6, 6.07) is 14.1. The molecule has 0 fully saturated rings. The van der Waals surface area contributed by atoms with Gasteiger partial charge in [-0.15, -0.1) is 0 Å². The first kappa shape index (κ1) is 19.7. The summed E-state index contributed by atoms with van der Waals surface area (Å²) in [7, 11) is 1.76. The second-order valence-electron chi connectivity index (χ2n) is 6.94. The minimum atomic E-state index is -0.00365. The third-order valence-electron chi connectivity index (χ3n) is 4.83. The zero-order chi connectivity index (χ0) is 19.9. The molecule has 28 heavy (non-hydrogen) atoms. The number of aliphatic imine (C=N–C) groups is 1. The molecule has 1 aliphatic heterocycles. The SMILES string of the molecule is CN=C(NCCCN1C(=O)COc2ccccc21)NCc1ccc(C)cc1C. The molecule has 0 radical (unpaired) electrons. The van der Waals surface area contributed by atoms with Gasteiger partial charge in [-0.2, -0.15) is 0 Å². The van der Waals surface area contributed by atoms with Gasteiger partial charge in [0.1, 0.15) is 5.75 Å². The third kappa shape index (κ3) is 4.82. The number of hydrogen-bond donors (Lipinski definition) is 2. The molecule has 1 heterocycles. The molecule has 1 amide bonds. The number of anilines is 1. The van der Waals surface area contributed by atoms with Crippen LogP contribution in [0.15, 0.2) is 47.5 Å². The topological polar surface area (TPSA) is 66.0 Å². The van der Waals surface area contributed by atoms with E-state index in [1.165, 1.54) is 16.7 Å². The number of fused-ring (bicyclic) bond motifs is 1. The van der Waals surface area contributed by atoms with Gasteiger partial charge in [0.2, 0.25) is 0 Å². The minimum Gasteiger partial charge on any atom is -0.482 e. The maximum Gasteiger partial charge on any atom is 0.265 e. The van der Waals surface area contributed by atoms with Crippen LogP contribution < -0.4 is 20.3 Å². The lowest BCUT2D eigenvalue weighted by molar-refractivity contribution is -0.121. The number of ether oxygens (including phenoxy) is 1. The van der Waals surface area contributed by atoms with E-state index in [2.05, 4.69) is 47.7 Å². The van der Waals surface area contributed by atoms with Crippen LogP contribution in [0.2, 0.25) is 0 Å². The molecule has 0 saturated carbocycles. The number of guanidine groups is 1. The van der Waals surface area contributed by atoms with E-state index < -0.39 is 0 Å². The molecule has 3 rings (SSSR count). The maximum atomic E-state index is 12.2. The Bertz CT molecular complexity index is 863. The number of nitrogens with one attached hydrogen (secondary N) is 2. The van der Waals surface area contributed by atoms with Gasteiger partial charge in [-0.1, -0.05) is 35.9 Å². The van der Waals surface area contributed by atoms with Crippen molar-refractivity contribution in [3.63, 3.8) is 0 Å². The van der Waals surface area contributed by atoms with Crippen molar-refractivity contribution in [3.8, 4) is 5.75 Å². The first-order chi connectivity index (χ1) is 13.6. The van der Waals surface area contributed by atoms with E-state index in [1.807, 2.05) is 24.3 Å². The van der Waals surface area contributed by atoms with Crippen LogP contribution in [0.3, 0.4) is 0 Å². The highest BCUT2D eigenvalue weighted by molar-refractivity contribution is 5.97. The van der Waals surface area contributed by atoms with Gasteiger partial charge < -0.3 is 20.3 Å². The Labute approximate surface area is 166 Å². The molecule has 0 aromatic heterocycles. The van der Waals surface area contributed by atoms with Crippen molar-refractivity contribution in [2.24, 2.45) is 4.99 Å². The lowest BCUT2D eigenvalue weighted by Gasteiger charge is -2.29. The highest BCUT2D eigenvalue weighted by Gasteiger charge is 2.24. The second-order valence-corrected chi connectivity index (χ2v) is 6.94. The van der Waals surface area contributed by atoms with Crippen molar-refractivity contribution < 1.29 is 9.53 Å². The molecule has 6 nitrogen and oxygen atoms in total. The number of para-hydroxylation sites is 2. The van der Waals surface area contributed by atoms with Crippen molar-refractivity contribution in [1.82, 2.24) is 10.6 Å². The summed E-state index contributed by atoms with van der Waals surface area (Å²) >= 11 is 0. The maximum absolute atomic E-state index is 12.2. The van der Waals surface area contributed by atoms with Crippen molar-refractivity contribution in [2.45, 2.75) is 26.8 Å². The van der Waals surface area contributed by atoms with Gasteiger partial charge in [-0.3, -0.25) is 9.79 Å². The summed E-state index contributed by atoms with van der Waals surface area (Å²) in [5.74, 6) is 1.52. The third-order valence-corrected chi connectivity index (χ3v) is 4.83. The fraction of sp³-hybridized carbons (Fsp3) is 0.364. The minimum absolute atomic E-state index is 0.00365. The summed E-state index contributed by atoms with van der Waals surface area (Å²) in [5.41, 5.74) is 4.63. The molecular weight excluding hydrogens is 352 g/mol. The van der Waals surface area contributed by atoms with Crippen molar-refractivity contribution in [2.75, 3.05) is 31.6 Å². The van der Waals surface area contributed by atoms with Gasteiger partial charge in [0.05, 0.1) is 5.69 Å². The van der Waals surface area contributed by atoms with Gasteiger partial charge in [0.15, 0.2) is 12.6 Å². The highest BCUT2D eigenvalue weighted by atomic mass is 16.5. The molecule has 0 saturated heterocycles. The average molecular weight is 380 g/mol. The lowest BCUT2D eigenvalue weighted by Crippen LogP contribution is -2.42. The number of carbonyl (C=O) groups excluding carboxylic acids is 1. The number of aryl methyl sites for hydroxylation is 2. The molecule has 2 N–H and O–H groups in total. The summed E-state index contributed by atoms with van der Waals surface area (Å²) in [6.07, 6.45) is 0.810. The number of benzene rings is 2. The summed E-state index contributed by atoms with van der Waals surface area (Å²) < 4.78 is 5.48. The Hall–Kier alpha value is -3.02. The van der Waals surface area contributed by atoms with Gasteiger partial charge in [0.25, 0.3) is 5.91 Å². The molecule has 0 spiro atoms. The molecule has 6 heteroatoms. The number of amides is 1. The predicted molar refractivity (Wildman–Crippen MR) is 113 cm³/mol. The molecule has 0 bridgehead atoms. The Morgan fingerprint density at radius 2 is 2.00 bits per heavy atom. The van der Waals surface area contributed by atoms with Crippen LogP contribution in [0, 0.1) is 13.8 Å². The molecular formula is C22H28N4O2. The van der Waals surface area contributed by atoms with E-state index >= 15 is 0 Å². The predicted octanol–water partition coefficient (Wildman–Crippen LogP) is 2.78. The Morgan fingerprint density at radius 3 is 2.79 bits per heavy atom. The fourth-order valence-corrected chi connectivity index (χ4v) is 3.29. The van der Waals surface area contributed by atoms with Gasteiger partial charge in [0, 0.05) is 26.7 Å². The van der Waals surface area contributed by atoms with Crippen molar-refractivity contribution >= 4 is 17.6 Å². The molecule has 1 aliphatic rings. The monoisotopic (exact) mass is 380 g/mol. The van der Waals surface area contributed by atoms with E-state index in [4.69, 9.17) is 4.74 Å². The molecule has 0 aliphatic carbocycles. The zero-order valence-electron chi connectivity index (χ0n) is 16.8. The van der Waals surface area contributed by atoms with Crippen LogP contribution >= 0.6 is 0 Å². The second kappa shape index (κ2) is 9.26. The first-order valence-corrected chi connectivity index (χ1v) is 9.61. The number of nitrogens with zero attached hydrogens (tertiary/aromatic N) is 2. The zero-order valence-corrected chi connectivity index (χ0v) is 16.8. The van der Waals surface area contributed by atoms with E-state index in [9.17, 15) is 4.79 Å². The summed E-state index contributed by atoms with van der Waals surface area (Å²) in [6.45, 7) is 6.41. The standard InChI is InChI=1S/C22H28N4O2/c1-16-9-10-18(17(2)13-16)14-25-22(23-3)24-11-6-12-26-19-7-4-5-8-20(19)28-15-21(26)27/h4-5,7-10,13H,6,11-12,14-15H2,1-3H3,(H2,23,24,25). The summed E-state index contributed by atoms with van der Waals surface area (Å²) in [5, 5.41) is 6.67.